The fourth-order valence-electron chi connectivity index (χ4n) is 1.72. The summed E-state index contributed by atoms with van der Waals surface area (Å²) >= 11 is 0. The van der Waals surface area contributed by atoms with E-state index in [0.29, 0.717) is 18.5 Å². The summed E-state index contributed by atoms with van der Waals surface area (Å²) in [6.07, 6.45) is 5.84. The van der Waals surface area contributed by atoms with Gasteiger partial charge in [-0.2, -0.15) is 0 Å². The second-order valence-electron chi connectivity index (χ2n) is 4.17. The lowest BCUT2D eigenvalue weighted by atomic mass is 10.1. The quantitative estimate of drug-likeness (QED) is 0.753. The summed E-state index contributed by atoms with van der Waals surface area (Å²) in [4.78, 5) is 8.39. The molecule has 0 radical (unpaired) electrons. The molecule has 0 aliphatic carbocycles. The van der Waals surface area contributed by atoms with Crippen molar-refractivity contribution >= 4 is 0 Å². The van der Waals surface area contributed by atoms with E-state index in [9.17, 15) is 0 Å². The zero-order valence-electron chi connectivity index (χ0n) is 11.1. The van der Waals surface area contributed by atoms with Gasteiger partial charge in [0.1, 0.15) is 6.33 Å². The molecular formula is C13H23N3O. The van der Waals surface area contributed by atoms with E-state index in [1.54, 1.807) is 6.33 Å². The van der Waals surface area contributed by atoms with Crippen molar-refractivity contribution in [2.45, 2.75) is 45.6 Å². The third kappa shape index (κ3) is 5.13. The minimum atomic E-state index is 0.480. The van der Waals surface area contributed by atoms with E-state index in [1.807, 2.05) is 13.1 Å². The van der Waals surface area contributed by atoms with Crippen LogP contribution in [0.4, 0.5) is 0 Å². The van der Waals surface area contributed by atoms with Gasteiger partial charge in [0.15, 0.2) is 0 Å². The van der Waals surface area contributed by atoms with Gasteiger partial charge < -0.3 is 10.1 Å². The largest absolute Gasteiger partial charge is 0.478 e. The van der Waals surface area contributed by atoms with Crippen LogP contribution < -0.4 is 10.1 Å². The minimum Gasteiger partial charge on any atom is -0.478 e. The third-order valence-corrected chi connectivity index (χ3v) is 2.65. The van der Waals surface area contributed by atoms with Crippen LogP contribution in [0.1, 0.15) is 38.8 Å². The first kappa shape index (κ1) is 13.9. The highest BCUT2D eigenvalue weighted by Crippen LogP contribution is 2.10. The second-order valence-corrected chi connectivity index (χ2v) is 4.17. The standard InChI is InChI=1S/C13H23N3O/c1-4-6-11(14-3)8-12-9-13(16-10-15-12)17-7-5-2/h9-11,14H,4-8H2,1-3H3. The van der Waals surface area contributed by atoms with Crippen LogP contribution in [0, 0.1) is 0 Å². The fraction of sp³-hybridized carbons (Fsp3) is 0.692. The summed E-state index contributed by atoms with van der Waals surface area (Å²) in [6, 6.07) is 2.42. The zero-order chi connectivity index (χ0) is 12.5. The first-order chi connectivity index (χ1) is 8.30. The molecule has 1 rings (SSSR count). The summed E-state index contributed by atoms with van der Waals surface area (Å²) in [7, 11) is 2.00. The predicted octanol–water partition coefficient (Wildman–Crippen LogP) is 2.20. The second kappa shape index (κ2) is 8.01. The van der Waals surface area contributed by atoms with Crippen molar-refractivity contribution in [3.63, 3.8) is 0 Å². The van der Waals surface area contributed by atoms with Crippen molar-refractivity contribution in [1.29, 1.82) is 0 Å². The Hall–Kier alpha value is -1.16. The molecule has 96 valence electrons. The van der Waals surface area contributed by atoms with Gasteiger partial charge in [-0.05, 0) is 19.9 Å². The van der Waals surface area contributed by atoms with Gasteiger partial charge in [0.05, 0.1) is 6.61 Å². The molecule has 1 atom stereocenters. The first-order valence-corrected chi connectivity index (χ1v) is 6.41. The average molecular weight is 237 g/mol. The SMILES string of the molecule is CCCOc1cc(CC(CCC)NC)ncn1. The monoisotopic (exact) mass is 237 g/mol. The van der Waals surface area contributed by atoms with Crippen LogP contribution in [-0.4, -0.2) is 29.7 Å². The van der Waals surface area contributed by atoms with Gasteiger partial charge in [0.25, 0.3) is 0 Å². The highest BCUT2D eigenvalue weighted by Gasteiger charge is 2.08. The lowest BCUT2D eigenvalue weighted by molar-refractivity contribution is 0.304. The van der Waals surface area contributed by atoms with E-state index in [2.05, 4.69) is 29.1 Å². The summed E-state index contributed by atoms with van der Waals surface area (Å²) in [5, 5.41) is 3.31. The molecule has 17 heavy (non-hydrogen) atoms. The molecule has 0 aliphatic rings. The van der Waals surface area contributed by atoms with Crippen molar-refractivity contribution in [2.24, 2.45) is 0 Å². The number of nitrogens with zero attached hydrogens (tertiary/aromatic N) is 2. The van der Waals surface area contributed by atoms with Crippen LogP contribution in [-0.2, 0) is 6.42 Å². The lowest BCUT2D eigenvalue weighted by Crippen LogP contribution is -2.27. The molecule has 4 nitrogen and oxygen atoms in total. The Kier molecular flexibility index (Phi) is 6.55. The number of rotatable bonds is 8. The van der Waals surface area contributed by atoms with Gasteiger partial charge in [-0.3, -0.25) is 0 Å². The molecule has 1 aromatic heterocycles. The molecule has 4 heteroatoms. The highest BCUT2D eigenvalue weighted by atomic mass is 16.5. The van der Waals surface area contributed by atoms with Crippen molar-refractivity contribution < 1.29 is 4.74 Å². The fourth-order valence-corrected chi connectivity index (χ4v) is 1.72. The molecule has 1 N–H and O–H groups in total. The lowest BCUT2D eigenvalue weighted by Gasteiger charge is -2.14. The molecule has 0 amide bonds. The van der Waals surface area contributed by atoms with E-state index in [-0.39, 0.29) is 0 Å². The Morgan fingerprint density at radius 2 is 2.12 bits per heavy atom. The molecule has 0 aromatic carbocycles. The Balaban J connectivity index is 2.57. The zero-order valence-corrected chi connectivity index (χ0v) is 11.1. The number of hydrogen-bond acceptors (Lipinski definition) is 4. The van der Waals surface area contributed by atoms with Crippen LogP contribution in [0.3, 0.4) is 0 Å². The Labute approximate surface area is 104 Å². The van der Waals surface area contributed by atoms with E-state index >= 15 is 0 Å². The third-order valence-electron chi connectivity index (χ3n) is 2.65. The van der Waals surface area contributed by atoms with E-state index in [1.165, 1.54) is 6.42 Å². The number of aromatic nitrogens is 2. The maximum Gasteiger partial charge on any atom is 0.216 e. The maximum absolute atomic E-state index is 5.50. The number of ether oxygens (including phenoxy) is 1. The normalized spacial score (nSPS) is 12.4. The molecule has 0 bridgehead atoms. The molecule has 1 heterocycles. The van der Waals surface area contributed by atoms with Gasteiger partial charge in [-0.15, -0.1) is 0 Å². The van der Waals surface area contributed by atoms with E-state index in [0.717, 1.165) is 25.0 Å². The van der Waals surface area contributed by atoms with Gasteiger partial charge in [-0.1, -0.05) is 20.3 Å². The molecule has 0 saturated carbocycles. The number of hydrogen-bond donors (Lipinski definition) is 1. The topological polar surface area (TPSA) is 47.0 Å². The summed E-state index contributed by atoms with van der Waals surface area (Å²) in [5.41, 5.74) is 1.04. The summed E-state index contributed by atoms with van der Waals surface area (Å²) in [5.74, 6) is 0.684. The Morgan fingerprint density at radius 3 is 2.76 bits per heavy atom. The highest BCUT2D eigenvalue weighted by molar-refractivity contribution is 5.14. The average Bonchev–Trinajstić information content (AvgIpc) is 2.36. The van der Waals surface area contributed by atoms with Crippen molar-refractivity contribution in [2.75, 3.05) is 13.7 Å². The number of likely N-dealkylation sites (N-methyl/N-ethyl adjacent to an activating group) is 1. The van der Waals surface area contributed by atoms with Crippen LogP contribution in [0.5, 0.6) is 5.88 Å². The van der Waals surface area contributed by atoms with Crippen LogP contribution >= 0.6 is 0 Å². The Bertz CT molecular complexity index is 317. The van der Waals surface area contributed by atoms with Crippen molar-refractivity contribution in [3.8, 4) is 5.88 Å². The maximum atomic E-state index is 5.50. The smallest absolute Gasteiger partial charge is 0.216 e. The van der Waals surface area contributed by atoms with Gasteiger partial charge in [-0.25, -0.2) is 9.97 Å². The van der Waals surface area contributed by atoms with Crippen LogP contribution in [0.2, 0.25) is 0 Å². The van der Waals surface area contributed by atoms with Crippen LogP contribution in [0.15, 0.2) is 12.4 Å². The van der Waals surface area contributed by atoms with Gasteiger partial charge in [0.2, 0.25) is 5.88 Å². The summed E-state index contributed by atoms with van der Waals surface area (Å²) < 4.78 is 5.50. The first-order valence-electron chi connectivity index (χ1n) is 6.41. The summed E-state index contributed by atoms with van der Waals surface area (Å²) in [6.45, 7) is 4.99. The molecular weight excluding hydrogens is 214 g/mol. The van der Waals surface area contributed by atoms with Crippen molar-refractivity contribution in [3.05, 3.63) is 18.1 Å². The molecule has 0 fully saturated rings. The van der Waals surface area contributed by atoms with Gasteiger partial charge in [0, 0.05) is 24.2 Å². The minimum absolute atomic E-state index is 0.480. The van der Waals surface area contributed by atoms with E-state index in [4.69, 9.17) is 4.74 Å². The molecule has 0 saturated heterocycles. The molecule has 1 unspecified atom stereocenters. The number of nitrogens with one attached hydrogen (secondary N) is 1. The molecule has 0 aliphatic heterocycles. The Morgan fingerprint density at radius 1 is 1.29 bits per heavy atom. The molecule has 0 spiro atoms. The van der Waals surface area contributed by atoms with Crippen molar-refractivity contribution in [1.82, 2.24) is 15.3 Å². The van der Waals surface area contributed by atoms with E-state index < -0.39 is 0 Å². The van der Waals surface area contributed by atoms with Crippen LogP contribution in [0.25, 0.3) is 0 Å². The predicted molar refractivity (Wildman–Crippen MR) is 69.3 cm³/mol. The molecule has 1 aromatic rings. The van der Waals surface area contributed by atoms with Gasteiger partial charge >= 0.3 is 0 Å².